The normalized spacial score (nSPS) is 12.7. The van der Waals surface area contributed by atoms with Gasteiger partial charge < -0.3 is 10.2 Å². The molecule has 0 aliphatic heterocycles. The van der Waals surface area contributed by atoms with Crippen molar-refractivity contribution in [2.75, 3.05) is 0 Å². The van der Waals surface area contributed by atoms with E-state index >= 15 is 0 Å². The standard InChI is InChI=1S/C20H30O3/c1-2-3-4-5-6-7-8-10-13-16-19(21)17-14-11-9-12-15-18-20(22)23/h6-7,9-11,13,16-17H,2-5,8,12,14-15,18H2,1H3,(H-,21,22,23)/p+1/b7-6-,11-9-,16-13-,19-17-. The Kier molecular flexibility index (Phi) is 15.1. The van der Waals surface area contributed by atoms with Crippen molar-refractivity contribution in [1.29, 1.82) is 0 Å². The van der Waals surface area contributed by atoms with Crippen molar-refractivity contribution in [2.45, 2.75) is 64.7 Å². The number of unbranched alkanes of at least 4 members (excludes halogenated alkanes) is 5. The van der Waals surface area contributed by atoms with Crippen molar-refractivity contribution in [3.05, 3.63) is 54.7 Å². The molecule has 0 atom stereocenters. The molecule has 3 nitrogen and oxygen atoms in total. The molecule has 0 spiro atoms. The van der Waals surface area contributed by atoms with E-state index < -0.39 is 5.97 Å². The summed E-state index contributed by atoms with van der Waals surface area (Å²) in [5, 5.41) is 18.1. The fourth-order valence-corrected chi connectivity index (χ4v) is 1.89. The van der Waals surface area contributed by atoms with Crippen LogP contribution in [0.4, 0.5) is 0 Å². The largest absolute Gasteiger partial charge is 0.492 e. The van der Waals surface area contributed by atoms with Crippen LogP contribution in [0.25, 0.3) is 0 Å². The van der Waals surface area contributed by atoms with Crippen molar-refractivity contribution in [2.24, 2.45) is 0 Å². The van der Waals surface area contributed by atoms with Crippen molar-refractivity contribution < 1.29 is 15.0 Å². The Morgan fingerprint density at radius 1 is 1.00 bits per heavy atom. The molecule has 0 radical (unpaired) electrons. The summed E-state index contributed by atoms with van der Waals surface area (Å²) in [5.74, 6) is -0.503. The van der Waals surface area contributed by atoms with Crippen LogP contribution < -0.4 is 0 Å². The van der Waals surface area contributed by atoms with Crippen molar-refractivity contribution in [3.63, 3.8) is 0 Å². The first-order chi connectivity index (χ1) is 11.2. The minimum atomic E-state index is -0.756. The van der Waals surface area contributed by atoms with Crippen LogP contribution in [-0.2, 0) is 4.79 Å². The van der Waals surface area contributed by atoms with Crippen LogP contribution >= 0.6 is 0 Å². The number of carbonyl (C=O) groups is 1. The topological polar surface area (TPSA) is 57.5 Å². The van der Waals surface area contributed by atoms with Gasteiger partial charge in [0.1, 0.15) is 6.08 Å². The molecule has 23 heavy (non-hydrogen) atoms. The Morgan fingerprint density at radius 3 is 2.48 bits per heavy atom. The molecule has 3 heteroatoms. The Morgan fingerprint density at radius 2 is 1.74 bits per heavy atom. The van der Waals surface area contributed by atoms with Gasteiger partial charge in [-0.05, 0) is 38.2 Å². The third-order valence-electron chi connectivity index (χ3n) is 3.21. The highest BCUT2D eigenvalue weighted by Crippen LogP contribution is 2.03. The van der Waals surface area contributed by atoms with E-state index in [0.29, 0.717) is 12.8 Å². The SMILES string of the molecule is CCCCC/C=C\C[CH+]/C=C\C(O)=C\C/C=C\CCCC(=O)O. The van der Waals surface area contributed by atoms with Gasteiger partial charge in [-0.3, -0.25) is 4.79 Å². The minimum absolute atomic E-state index is 0.205. The zero-order chi connectivity index (χ0) is 17.2. The van der Waals surface area contributed by atoms with Gasteiger partial charge in [-0.2, -0.15) is 0 Å². The fourth-order valence-electron chi connectivity index (χ4n) is 1.89. The van der Waals surface area contributed by atoms with Gasteiger partial charge in [-0.15, -0.1) is 0 Å². The van der Waals surface area contributed by atoms with Crippen LogP contribution in [0.3, 0.4) is 0 Å². The summed E-state index contributed by atoms with van der Waals surface area (Å²) in [6.45, 7) is 2.21. The first-order valence-electron chi connectivity index (χ1n) is 8.57. The molecule has 0 unspecified atom stereocenters. The highest BCUT2D eigenvalue weighted by molar-refractivity contribution is 5.66. The monoisotopic (exact) mass is 319 g/mol. The Hall–Kier alpha value is -1.90. The van der Waals surface area contributed by atoms with Gasteiger partial charge in [-0.1, -0.05) is 44.1 Å². The first kappa shape index (κ1) is 21.1. The van der Waals surface area contributed by atoms with Gasteiger partial charge >= 0.3 is 5.97 Å². The predicted molar refractivity (Wildman–Crippen MR) is 97.3 cm³/mol. The maximum atomic E-state index is 10.3. The van der Waals surface area contributed by atoms with Crippen LogP contribution in [-0.4, -0.2) is 16.2 Å². The number of hydrogen-bond donors (Lipinski definition) is 2. The molecule has 0 aromatic carbocycles. The van der Waals surface area contributed by atoms with Crippen molar-refractivity contribution in [1.82, 2.24) is 0 Å². The van der Waals surface area contributed by atoms with Gasteiger partial charge in [0.15, 0.2) is 5.76 Å². The highest BCUT2D eigenvalue weighted by atomic mass is 16.4. The molecule has 0 saturated carbocycles. The quantitative estimate of drug-likeness (QED) is 0.137. The number of rotatable bonds is 14. The summed E-state index contributed by atoms with van der Waals surface area (Å²) in [4.78, 5) is 10.3. The van der Waals surface area contributed by atoms with Crippen LogP contribution in [0, 0.1) is 6.42 Å². The predicted octanol–water partition coefficient (Wildman–Crippen LogP) is 5.92. The summed E-state index contributed by atoms with van der Waals surface area (Å²) in [6.07, 6.45) is 23.7. The molecular formula is C20H31O3+. The van der Waals surface area contributed by atoms with Gasteiger partial charge in [0.05, 0.1) is 12.5 Å². The Balaban J connectivity index is 3.64. The number of aliphatic hydroxyl groups is 1. The van der Waals surface area contributed by atoms with E-state index in [-0.39, 0.29) is 12.2 Å². The Labute approximate surface area is 141 Å². The molecule has 0 bridgehead atoms. The molecule has 0 rings (SSSR count). The van der Waals surface area contributed by atoms with Crippen LogP contribution in [0.5, 0.6) is 0 Å². The molecule has 0 amide bonds. The second kappa shape index (κ2) is 16.5. The molecular weight excluding hydrogens is 288 g/mol. The third-order valence-corrected chi connectivity index (χ3v) is 3.21. The van der Waals surface area contributed by atoms with Gasteiger partial charge in [-0.25, -0.2) is 0 Å². The third kappa shape index (κ3) is 18.1. The maximum absolute atomic E-state index is 10.3. The smallest absolute Gasteiger partial charge is 0.303 e. The number of aliphatic carboxylic acids is 1. The molecule has 0 aromatic heterocycles. The molecule has 0 aliphatic rings. The van der Waals surface area contributed by atoms with Crippen LogP contribution in [0.15, 0.2) is 48.3 Å². The molecule has 128 valence electrons. The van der Waals surface area contributed by atoms with Crippen LogP contribution in [0.1, 0.15) is 64.7 Å². The second-order valence-electron chi connectivity index (χ2n) is 5.42. The number of carboxylic acid groups (broad SMARTS) is 1. The summed E-state index contributed by atoms with van der Waals surface area (Å²) in [5.41, 5.74) is 0. The molecule has 2 N–H and O–H groups in total. The summed E-state index contributed by atoms with van der Waals surface area (Å²) in [6, 6.07) is 0. The van der Waals surface area contributed by atoms with Crippen LogP contribution in [0.2, 0.25) is 0 Å². The van der Waals surface area contributed by atoms with Crippen molar-refractivity contribution >= 4 is 5.97 Å². The second-order valence-corrected chi connectivity index (χ2v) is 5.42. The highest BCUT2D eigenvalue weighted by Gasteiger charge is 1.94. The van der Waals surface area contributed by atoms with E-state index in [4.69, 9.17) is 5.11 Å². The number of hydrogen-bond acceptors (Lipinski definition) is 2. The average Bonchev–Trinajstić information content (AvgIpc) is 2.52. The molecule has 0 aliphatic carbocycles. The van der Waals surface area contributed by atoms with Crippen molar-refractivity contribution in [3.8, 4) is 0 Å². The van der Waals surface area contributed by atoms with Gasteiger partial charge in [0, 0.05) is 12.8 Å². The average molecular weight is 319 g/mol. The maximum Gasteiger partial charge on any atom is 0.303 e. The lowest BCUT2D eigenvalue weighted by atomic mass is 10.2. The molecule has 0 saturated heterocycles. The first-order valence-corrected chi connectivity index (χ1v) is 8.57. The van der Waals surface area contributed by atoms with E-state index in [0.717, 1.165) is 19.3 Å². The van der Waals surface area contributed by atoms with E-state index in [9.17, 15) is 9.90 Å². The van der Waals surface area contributed by atoms with Gasteiger partial charge in [0.2, 0.25) is 0 Å². The number of aliphatic hydroxyl groups excluding tert-OH is 1. The summed E-state index contributed by atoms with van der Waals surface area (Å²) < 4.78 is 0. The summed E-state index contributed by atoms with van der Waals surface area (Å²) in [7, 11) is 0. The molecule has 0 heterocycles. The van der Waals surface area contributed by atoms with Gasteiger partial charge in [0.25, 0.3) is 0 Å². The lowest BCUT2D eigenvalue weighted by Crippen LogP contribution is -1.92. The minimum Gasteiger partial charge on any atom is -0.492 e. The van der Waals surface area contributed by atoms with E-state index in [1.165, 1.54) is 19.3 Å². The number of carboxylic acids is 1. The zero-order valence-corrected chi connectivity index (χ0v) is 14.3. The zero-order valence-electron chi connectivity index (χ0n) is 14.3. The lowest BCUT2D eigenvalue weighted by molar-refractivity contribution is -0.137. The lowest BCUT2D eigenvalue weighted by Gasteiger charge is -1.90. The summed E-state index contributed by atoms with van der Waals surface area (Å²) >= 11 is 0. The Bertz CT molecular complexity index is 403. The fraction of sp³-hybridized carbons (Fsp3) is 0.500. The van der Waals surface area contributed by atoms with E-state index in [1.807, 2.05) is 24.6 Å². The number of allylic oxidation sites excluding steroid dienone is 7. The van der Waals surface area contributed by atoms with E-state index in [2.05, 4.69) is 19.1 Å². The molecule has 0 fully saturated rings. The van der Waals surface area contributed by atoms with E-state index in [1.54, 1.807) is 12.2 Å². The molecule has 0 aromatic rings.